The molecular weight excluding hydrogens is 410 g/mol. The predicted octanol–water partition coefficient (Wildman–Crippen LogP) is 5.24. The highest BCUT2D eigenvalue weighted by Gasteiger charge is 2.29. The molecule has 0 atom stereocenters. The maximum Gasteiger partial charge on any atom is 0.309 e. The number of carbonyl (C=O) groups is 2. The molecule has 0 spiro atoms. The van der Waals surface area contributed by atoms with Crippen molar-refractivity contribution < 1.29 is 14.3 Å². The summed E-state index contributed by atoms with van der Waals surface area (Å²) >= 11 is 0. The van der Waals surface area contributed by atoms with Crippen molar-refractivity contribution in [3.05, 3.63) is 113 Å². The number of esters is 1. The van der Waals surface area contributed by atoms with Crippen molar-refractivity contribution in [1.82, 2.24) is 4.90 Å². The van der Waals surface area contributed by atoms with Crippen LogP contribution in [-0.4, -0.2) is 37.0 Å². The molecule has 1 aliphatic heterocycles. The lowest BCUT2D eigenvalue weighted by atomic mass is 9.89. The van der Waals surface area contributed by atoms with Gasteiger partial charge in [0.1, 0.15) is 0 Å². The number of benzene rings is 3. The van der Waals surface area contributed by atoms with E-state index in [1.807, 2.05) is 89.8 Å². The first-order chi connectivity index (χ1) is 16.1. The van der Waals surface area contributed by atoms with Crippen LogP contribution >= 0.6 is 0 Å². The molecule has 3 aromatic carbocycles. The SMILES string of the molecule is COC(=O)Cc1ccc(C=C2CCN(C(=O)C(c3ccccc3)c3ccccc3)CC2)cc1. The van der Waals surface area contributed by atoms with Gasteiger partial charge >= 0.3 is 5.97 Å². The van der Waals surface area contributed by atoms with Gasteiger partial charge in [0, 0.05) is 13.1 Å². The minimum Gasteiger partial charge on any atom is -0.469 e. The molecule has 0 unspecified atom stereocenters. The van der Waals surface area contributed by atoms with Gasteiger partial charge in [-0.25, -0.2) is 0 Å². The van der Waals surface area contributed by atoms with E-state index in [-0.39, 0.29) is 24.2 Å². The minimum absolute atomic E-state index is 0.165. The van der Waals surface area contributed by atoms with E-state index in [1.165, 1.54) is 12.7 Å². The lowest BCUT2D eigenvalue weighted by molar-refractivity contribution is -0.139. The molecule has 0 aliphatic carbocycles. The summed E-state index contributed by atoms with van der Waals surface area (Å²) in [5, 5.41) is 0. The number of piperidine rings is 1. The van der Waals surface area contributed by atoms with Crippen LogP contribution in [0.3, 0.4) is 0 Å². The van der Waals surface area contributed by atoms with E-state index < -0.39 is 0 Å². The third kappa shape index (κ3) is 5.78. The van der Waals surface area contributed by atoms with Crippen LogP contribution in [0, 0.1) is 0 Å². The summed E-state index contributed by atoms with van der Waals surface area (Å²) < 4.78 is 4.73. The molecule has 168 valence electrons. The van der Waals surface area contributed by atoms with Crippen LogP contribution in [0.15, 0.2) is 90.5 Å². The van der Waals surface area contributed by atoms with E-state index in [0.29, 0.717) is 0 Å². The zero-order valence-corrected chi connectivity index (χ0v) is 18.9. The maximum atomic E-state index is 13.6. The number of nitrogens with zero attached hydrogens (tertiary/aromatic N) is 1. The van der Waals surface area contributed by atoms with Gasteiger partial charge in [-0.05, 0) is 35.1 Å². The predicted molar refractivity (Wildman–Crippen MR) is 131 cm³/mol. The van der Waals surface area contributed by atoms with Crippen molar-refractivity contribution in [2.75, 3.05) is 20.2 Å². The Hall–Kier alpha value is -3.66. The van der Waals surface area contributed by atoms with Crippen LogP contribution in [0.1, 0.15) is 41.0 Å². The molecular formula is C29H29NO3. The standard InChI is InChI=1S/C29H29NO3/c1-33-27(31)21-23-14-12-22(13-15-23)20-24-16-18-30(19-17-24)29(32)28(25-8-4-2-5-9-25)26-10-6-3-7-11-26/h2-15,20,28H,16-19,21H2,1H3. The maximum absolute atomic E-state index is 13.6. The van der Waals surface area contributed by atoms with Crippen LogP contribution in [0.5, 0.6) is 0 Å². The number of hydrogen-bond donors (Lipinski definition) is 0. The topological polar surface area (TPSA) is 46.6 Å². The van der Waals surface area contributed by atoms with Crippen molar-refractivity contribution in [2.24, 2.45) is 0 Å². The molecule has 33 heavy (non-hydrogen) atoms. The third-order valence-electron chi connectivity index (χ3n) is 6.16. The summed E-state index contributed by atoms with van der Waals surface area (Å²) in [7, 11) is 1.40. The zero-order chi connectivity index (χ0) is 23.0. The molecule has 0 radical (unpaired) electrons. The zero-order valence-electron chi connectivity index (χ0n) is 18.9. The Morgan fingerprint density at radius 2 is 1.39 bits per heavy atom. The monoisotopic (exact) mass is 439 g/mol. The van der Waals surface area contributed by atoms with Gasteiger partial charge in [0.05, 0.1) is 19.4 Å². The lowest BCUT2D eigenvalue weighted by Crippen LogP contribution is -2.39. The number of hydrogen-bond acceptors (Lipinski definition) is 3. The summed E-state index contributed by atoms with van der Waals surface area (Å²) in [6, 6.07) is 28.1. The summed E-state index contributed by atoms with van der Waals surface area (Å²) in [5.41, 5.74) is 5.46. The van der Waals surface area contributed by atoms with E-state index in [1.54, 1.807) is 0 Å². The van der Waals surface area contributed by atoms with Crippen molar-refractivity contribution in [1.29, 1.82) is 0 Å². The number of likely N-dealkylation sites (tertiary alicyclic amines) is 1. The fraction of sp³-hybridized carbons (Fsp3) is 0.241. The fourth-order valence-corrected chi connectivity index (χ4v) is 4.32. The van der Waals surface area contributed by atoms with Gasteiger partial charge in [-0.15, -0.1) is 0 Å². The smallest absolute Gasteiger partial charge is 0.309 e. The highest BCUT2D eigenvalue weighted by atomic mass is 16.5. The Morgan fingerprint density at radius 1 is 0.848 bits per heavy atom. The Kier molecular flexibility index (Phi) is 7.36. The van der Waals surface area contributed by atoms with Crippen LogP contribution in [0.25, 0.3) is 6.08 Å². The molecule has 0 bridgehead atoms. The van der Waals surface area contributed by atoms with Crippen molar-refractivity contribution >= 4 is 18.0 Å². The first kappa shape index (κ1) is 22.5. The van der Waals surface area contributed by atoms with Crippen molar-refractivity contribution in [3.8, 4) is 0 Å². The van der Waals surface area contributed by atoms with Gasteiger partial charge in [0.25, 0.3) is 0 Å². The van der Waals surface area contributed by atoms with Crippen molar-refractivity contribution in [3.63, 3.8) is 0 Å². The van der Waals surface area contributed by atoms with E-state index in [9.17, 15) is 9.59 Å². The van der Waals surface area contributed by atoms with E-state index in [4.69, 9.17) is 4.74 Å². The normalized spacial score (nSPS) is 13.6. The number of amides is 1. The number of rotatable bonds is 6. The van der Waals surface area contributed by atoms with Gasteiger partial charge < -0.3 is 9.64 Å². The molecule has 0 aromatic heterocycles. The second kappa shape index (κ2) is 10.8. The average Bonchev–Trinajstić information content (AvgIpc) is 2.87. The highest BCUT2D eigenvalue weighted by Crippen LogP contribution is 2.29. The van der Waals surface area contributed by atoms with Gasteiger partial charge in [-0.1, -0.05) is 96.6 Å². The largest absolute Gasteiger partial charge is 0.469 e. The van der Waals surface area contributed by atoms with Gasteiger partial charge in [-0.2, -0.15) is 0 Å². The molecule has 0 saturated carbocycles. The molecule has 4 nitrogen and oxygen atoms in total. The Labute approximate surface area is 195 Å². The first-order valence-electron chi connectivity index (χ1n) is 11.4. The van der Waals surface area contributed by atoms with E-state index in [0.717, 1.165) is 48.2 Å². The number of ether oxygens (including phenoxy) is 1. The molecule has 4 heteroatoms. The molecule has 0 N–H and O–H groups in total. The van der Waals surface area contributed by atoms with Crippen LogP contribution in [0.2, 0.25) is 0 Å². The summed E-state index contributed by atoms with van der Waals surface area (Å²) in [6.07, 6.45) is 4.22. The minimum atomic E-state index is -0.278. The fourth-order valence-electron chi connectivity index (χ4n) is 4.32. The summed E-state index contributed by atoms with van der Waals surface area (Å²) in [6.45, 7) is 1.45. The number of methoxy groups -OCH3 is 1. The van der Waals surface area contributed by atoms with E-state index in [2.05, 4.69) is 6.08 Å². The molecule has 1 fully saturated rings. The Morgan fingerprint density at radius 3 is 1.91 bits per heavy atom. The molecule has 1 saturated heterocycles. The quantitative estimate of drug-likeness (QED) is 0.494. The third-order valence-corrected chi connectivity index (χ3v) is 6.16. The Balaban J connectivity index is 1.43. The summed E-state index contributed by atoms with van der Waals surface area (Å²) in [5.74, 6) is -0.346. The van der Waals surface area contributed by atoms with Gasteiger partial charge in [-0.3, -0.25) is 9.59 Å². The van der Waals surface area contributed by atoms with Gasteiger partial charge in [0.15, 0.2) is 0 Å². The first-order valence-corrected chi connectivity index (χ1v) is 11.4. The second-order valence-electron chi connectivity index (χ2n) is 8.38. The molecule has 1 aliphatic rings. The van der Waals surface area contributed by atoms with Crippen molar-refractivity contribution in [2.45, 2.75) is 25.2 Å². The van der Waals surface area contributed by atoms with Crippen LogP contribution < -0.4 is 0 Å². The lowest BCUT2D eigenvalue weighted by Gasteiger charge is -2.32. The second-order valence-corrected chi connectivity index (χ2v) is 8.38. The Bertz CT molecular complexity index is 1060. The molecule has 3 aromatic rings. The molecule has 1 amide bonds. The molecule has 4 rings (SSSR count). The van der Waals surface area contributed by atoms with Crippen LogP contribution in [-0.2, 0) is 20.7 Å². The highest BCUT2D eigenvalue weighted by molar-refractivity contribution is 5.87. The molecule has 1 heterocycles. The average molecular weight is 440 g/mol. The van der Waals surface area contributed by atoms with Crippen LogP contribution in [0.4, 0.5) is 0 Å². The summed E-state index contributed by atoms with van der Waals surface area (Å²) in [4.78, 5) is 27.0. The van der Waals surface area contributed by atoms with Gasteiger partial charge in [0.2, 0.25) is 5.91 Å². The van der Waals surface area contributed by atoms with E-state index >= 15 is 0 Å². The number of carbonyl (C=O) groups excluding carboxylic acids is 2.